The van der Waals surface area contributed by atoms with Gasteiger partial charge in [-0.3, -0.25) is 0 Å². The largest absolute Gasteiger partial charge is 0.317 e. The van der Waals surface area contributed by atoms with E-state index in [0.29, 0.717) is 0 Å². The SMILES string of the molecule is Cc1cccc(CCNCc2nnc(C)n2C)c1. The maximum Gasteiger partial charge on any atom is 0.146 e. The predicted octanol–water partition coefficient (Wildman–Crippen LogP) is 1.76. The third kappa shape index (κ3) is 3.17. The van der Waals surface area contributed by atoms with E-state index in [2.05, 4.69) is 46.7 Å². The predicted molar refractivity (Wildman–Crippen MR) is 72.3 cm³/mol. The van der Waals surface area contributed by atoms with Gasteiger partial charge < -0.3 is 9.88 Å². The van der Waals surface area contributed by atoms with Gasteiger partial charge in [0.1, 0.15) is 11.6 Å². The van der Waals surface area contributed by atoms with Crippen LogP contribution < -0.4 is 5.32 Å². The molecule has 0 bridgehead atoms. The van der Waals surface area contributed by atoms with Crippen molar-refractivity contribution in [2.45, 2.75) is 26.8 Å². The first kappa shape index (κ1) is 12.8. The number of rotatable bonds is 5. The van der Waals surface area contributed by atoms with Gasteiger partial charge >= 0.3 is 0 Å². The molecule has 0 aliphatic heterocycles. The molecule has 0 spiro atoms. The molecule has 1 aromatic carbocycles. The Kier molecular flexibility index (Phi) is 4.10. The molecule has 0 fully saturated rings. The summed E-state index contributed by atoms with van der Waals surface area (Å²) in [4.78, 5) is 0. The molecule has 2 rings (SSSR count). The quantitative estimate of drug-likeness (QED) is 0.815. The molecule has 0 unspecified atom stereocenters. The molecule has 0 aliphatic carbocycles. The van der Waals surface area contributed by atoms with Crippen LogP contribution in [0.1, 0.15) is 22.8 Å². The van der Waals surface area contributed by atoms with E-state index in [-0.39, 0.29) is 0 Å². The van der Waals surface area contributed by atoms with Gasteiger partial charge in [0.25, 0.3) is 0 Å². The van der Waals surface area contributed by atoms with Gasteiger partial charge in [-0.25, -0.2) is 0 Å². The molecule has 0 radical (unpaired) electrons. The molecule has 0 amide bonds. The van der Waals surface area contributed by atoms with Crippen LogP contribution in [0.25, 0.3) is 0 Å². The highest BCUT2D eigenvalue weighted by atomic mass is 15.3. The summed E-state index contributed by atoms with van der Waals surface area (Å²) in [6, 6.07) is 8.63. The smallest absolute Gasteiger partial charge is 0.146 e. The molecular formula is C14H20N4. The maximum atomic E-state index is 4.12. The van der Waals surface area contributed by atoms with E-state index in [4.69, 9.17) is 0 Å². The first-order chi connectivity index (χ1) is 8.66. The summed E-state index contributed by atoms with van der Waals surface area (Å²) in [5.41, 5.74) is 2.69. The van der Waals surface area contributed by atoms with Crippen LogP contribution in [0.5, 0.6) is 0 Å². The summed E-state index contributed by atoms with van der Waals surface area (Å²) in [7, 11) is 1.99. The Bertz CT molecular complexity index is 516. The zero-order chi connectivity index (χ0) is 13.0. The molecule has 0 aliphatic rings. The van der Waals surface area contributed by atoms with E-state index in [1.54, 1.807) is 0 Å². The fourth-order valence-corrected chi connectivity index (χ4v) is 1.91. The minimum atomic E-state index is 0.767. The molecule has 96 valence electrons. The summed E-state index contributed by atoms with van der Waals surface area (Å²) in [6.07, 6.45) is 1.04. The molecule has 4 heteroatoms. The van der Waals surface area contributed by atoms with Crippen molar-refractivity contribution in [2.24, 2.45) is 7.05 Å². The molecule has 1 N–H and O–H groups in total. The zero-order valence-corrected chi connectivity index (χ0v) is 11.3. The molecule has 1 heterocycles. The maximum absolute atomic E-state index is 4.12. The van der Waals surface area contributed by atoms with Crippen LogP contribution in [0.2, 0.25) is 0 Å². The van der Waals surface area contributed by atoms with E-state index >= 15 is 0 Å². The Labute approximate surface area is 108 Å². The number of aromatic nitrogens is 3. The number of nitrogens with zero attached hydrogens (tertiary/aromatic N) is 3. The lowest BCUT2D eigenvalue weighted by Crippen LogP contribution is -2.19. The number of benzene rings is 1. The van der Waals surface area contributed by atoms with Gasteiger partial charge in [0, 0.05) is 7.05 Å². The second-order valence-corrected chi connectivity index (χ2v) is 4.64. The first-order valence-electron chi connectivity index (χ1n) is 6.28. The monoisotopic (exact) mass is 244 g/mol. The number of nitrogens with one attached hydrogen (secondary N) is 1. The normalized spacial score (nSPS) is 10.8. The molecule has 0 atom stereocenters. The lowest BCUT2D eigenvalue weighted by Gasteiger charge is -2.05. The molecule has 2 aromatic rings. The average molecular weight is 244 g/mol. The van der Waals surface area contributed by atoms with Gasteiger partial charge in [-0.05, 0) is 32.4 Å². The van der Waals surface area contributed by atoms with Gasteiger partial charge in [0.2, 0.25) is 0 Å². The first-order valence-corrected chi connectivity index (χ1v) is 6.28. The van der Waals surface area contributed by atoms with E-state index in [1.807, 2.05) is 18.5 Å². The minimum absolute atomic E-state index is 0.767. The molecule has 0 saturated carbocycles. The number of hydrogen-bond acceptors (Lipinski definition) is 3. The van der Waals surface area contributed by atoms with Gasteiger partial charge in [-0.1, -0.05) is 29.8 Å². The van der Waals surface area contributed by atoms with Crippen LogP contribution in [0.3, 0.4) is 0 Å². The van der Waals surface area contributed by atoms with Crippen LogP contribution in [0.4, 0.5) is 0 Å². The third-order valence-corrected chi connectivity index (χ3v) is 3.14. The fraction of sp³-hybridized carbons (Fsp3) is 0.429. The molecule has 1 aromatic heterocycles. The summed E-state index contributed by atoms with van der Waals surface area (Å²) in [5.74, 6) is 1.93. The molecular weight excluding hydrogens is 224 g/mol. The van der Waals surface area contributed by atoms with Crippen LogP contribution in [-0.2, 0) is 20.0 Å². The average Bonchev–Trinajstić information content (AvgIpc) is 2.66. The Morgan fingerprint density at radius 2 is 2.06 bits per heavy atom. The highest BCUT2D eigenvalue weighted by Gasteiger charge is 2.03. The van der Waals surface area contributed by atoms with Crippen molar-refractivity contribution in [3.05, 3.63) is 47.0 Å². The lowest BCUT2D eigenvalue weighted by atomic mass is 10.1. The Morgan fingerprint density at radius 1 is 1.22 bits per heavy atom. The van der Waals surface area contributed by atoms with Gasteiger partial charge in [0.15, 0.2) is 0 Å². The van der Waals surface area contributed by atoms with E-state index in [1.165, 1.54) is 11.1 Å². The molecule has 18 heavy (non-hydrogen) atoms. The zero-order valence-electron chi connectivity index (χ0n) is 11.3. The summed E-state index contributed by atoms with van der Waals surface area (Å²) < 4.78 is 2.01. The van der Waals surface area contributed by atoms with Crippen LogP contribution in [0, 0.1) is 13.8 Å². The van der Waals surface area contributed by atoms with Crippen LogP contribution >= 0.6 is 0 Å². The standard InChI is InChI=1S/C14H20N4/c1-11-5-4-6-13(9-11)7-8-15-10-14-17-16-12(2)18(14)3/h4-6,9,15H,7-8,10H2,1-3H3. The van der Waals surface area contributed by atoms with E-state index < -0.39 is 0 Å². The van der Waals surface area contributed by atoms with E-state index in [9.17, 15) is 0 Å². The van der Waals surface area contributed by atoms with Crippen LogP contribution in [0.15, 0.2) is 24.3 Å². The van der Waals surface area contributed by atoms with Crippen molar-refractivity contribution in [1.29, 1.82) is 0 Å². The van der Waals surface area contributed by atoms with Crippen molar-refractivity contribution in [3.8, 4) is 0 Å². The topological polar surface area (TPSA) is 42.7 Å². The summed E-state index contributed by atoms with van der Waals surface area (Å²) in [6.45, 7) is 5.81. The fourth-order valence-electron chi connectivity index (χ4n) is 1.91. The number of aryl methyl sites for hydroxylation is 2. The van der Waals surface area contributed by atoms with Gasteiger partial charge in [-0.15, -0.1) is 10.2 Å². The Balaban J connectivity index is 1.78. The minimum Gasteiger partial charge on any atom is -0.317 e. The number of hydrogen-bond donors (Lipinski definition) is 1. The second kappa shape index (κ2) is 5.78. The molecule has 0 saturated heterocycles. The summed E-state index contributed by atoms with van der Waals surface area (Å²) in [5, 5.41) is 11.6. The lowest BCUT2D eigenvalue weighted by molar-refractivity contribution is 0.633. The van der Waals surface area contributed by atoms with Crippen molar-refractivity contribution in [1.82, 2.24) is 20.1 Å². The highest BCUT2D eigenvalue weighted by Crippen LogP contribution is 2.04. The van der Waals surface area contributed by atoms with Crippen molar-refractivity contribution in [2.75, 3.05) is 6.54 Å². The van der Waals surface area contributed by atoms with Gasteiger partial charge in [0.05, 0.1) is 6.54 Å². The van der Waals surface area contributed by atoms with Crippen LogP contribution in [-0.4, -0.2) is 21.3 Å². The van der Waals surface area contributed by atoms with E-state index in [0.717, 1.165) is 31.2 Å². The Hall–Kier alpha value is -1.68. The summed E-state index contributed by atoms with van der Waals surface area (Å²) >= 11 is 0. The molecule has 4 nitrogen and oxygen atoms in total. The van der Waals surface area contributed by atoms with Crippen molar-refractivity contribution < 1.29 is 0 Å². The third-order valence-electron chi connectivity index (χ3n) is 3.14. The second-order valence-electron chi connectivity index (χ2n) is 4.64. The van der Waals surface area contributed by atoms with Crippen molar-refractivity contribution >= 4 is 0 Å². The Morgan fingerprint density at radius 3 is 2.72 bits per heavy atom. The van der Waals surface area contributed by atoms with Gasteiger partial charge in [-0.2, -0.15) is 0 Å². The van der Waals surface area contributed by atoms with Crippen molar-refractivity contribution in [3.63, 3.8) is 0 Å². The highest BCUT2D eigenvalue weighted by molar-refractivity contribution is 5.22.